The zero-order chi connectivity index (χ0) is 40.3. The van der Waals surface area contributed by atoms with Gasteiger partial charge < -0.3 is 9.32 Å². The van der Waals surface area contributed by atoms with Crippen molar-refractivity contribution in [3.8, 4) is 44.5 Å². The number of hydrogen-bond acceptors (Lipinski definition) is 2. The third kappa shape index (κ3) is 6.31. The Morgan fingerprint density at radius 2 is 0.918 bits per heavy atom. The van der Waals surface area contributed by atoms with Gasteiger partial charge in [0.1, 0.15) is 11.2 Å². The lowest BCUT2D eigenvalue weighted by Gasteiger charge is -2.44. The molecule has 1 heterocycles. The van der Waals surface area contributed by atoms with Crippen LogP contribution in [-0.2, 0) is 12.8 Å². The molecule has 2 fully saturated rings. The molecule has 61 heavy (non-hydrogen) atoms. The fraction of sp³-hybridized carbons (Fsp3) is 0.186. The normalized spacial score (nSPS) is 19.3. The summed E-state index contributed by atoms with van der Waals surface area (Å²) in [6.07, 6.45) is 9.17. The summed E-state index contributed by atoms with van der Waals surface area (Å²) in [7, 11) is 0. The summed E-state index contributed by atoms with van der Waals surface area (Å²) < 4.78 is 6.65. The van der Waals surface area contributed by atoms with E-state index in [9.17, 15) is 0 Å². The zero-order valence-electron chi connectivity index (χ0n) is 34.5. The van der Waals surface area contributed by atoms with Gasteiger partial charge in [0.2, 0.25) is 0 Å². The highest BCUT2D eigenvalue weighted by molar-refractivity contribution is 6.07. The van der Waals surface area contributed by atoms with Gasteiger partial charge in [0, 0.05) is 33.7 Å². The summed E-state index contributed by atoms with van der Waals surface area (Å²) >= 11 is 0. The quantitative estimate of drug-likeness (QED) is 0.167. The number of hydrogen-bond donors (Lipinski definition) is 0. The first kappa shape index (κ1) is 36.2. The molecule has 296 valence electrons. The summed E-state index contributed by atoms with van der Waals surface area (Å²) in [5, 5.41) is 2.29. The maximum absolute atomic E-state index is 6.65. The smallest absolute Gasteiger partial charge is 0.137 e. The summed E-state index contributed by atoms with van der Waals surface area (Å²) in [6, 6.07) is 69.6. The van der Waals surface area contributed by atoms with Gasteiger partial charge in [-0.05, 0) is 143 Å². The fourth-order valence-corrected chi connectivity index (χ4v) is 11.8. The maximum atomic E-state index is 6.65. The second kappa shape index (κ2) is 15.1. The van der Waals surface area contributed by atoms with E-state index in [4.69, 9.17) is 4.42 Å². The molecule has 4 unspecified atom stereocenters. The molecule has 1 aromatic heterocycles. The Morgan fingerprint density at radius 3 is 1.70 bits per heavy atom. The molecular formula is C59H49NO. The van der Waals surface area contributed by atoms with Crippen molar-refractivity contribution in [2.75, 3.05) is 4.90 Å². The van der Waals surface area contributed by atoms with Crippen molar-refractivity contribution in [2.24, 2.45) is 23.7 Å². The molecule has 2 heteroatoms. The van der Waals surface area contributed by atoms with Gasteiger partial charge in [0.15, 0.2) is 0 Å². The molecular weight excluding hydrogens is 739 g/mol. The Morgan fingerprint density at radius 1 is 0.377 bits per heavy atom. The number of para-hydroxylation sites is 2. The average Bonchev–Trinajstić information content (AvgIpc) is 3.67. The average molecular weight is 788 g/mol. The lowest BCUT2D eigenvalue weighted by molar-refractivity contribution is 0.0731. The number of benzene rings is 8. The number of fused-ring (bicyclic) bond motifs is 5. The van der Waals surface area contributed by atoms with Gasteiger partial charge in [-0.25, -0.2) is 0 Å². The first-order valence-corrected chi connectivity index (χ1v) is 22.5. The molecule has 0 N–H and O–H groups in total. The molecule has 0 aliphatic heterocycles. The Hall–Kier alpha value is -6.64. The zero-order valence-corrected chi connectivity index (χ0v) is 34.5. The van der Waals surface area contributed by atoms with E-state index in [2.05, 4.69) is 193 Å². The van der Waals surface area contributed by atoms with Crippen LogP contribution in [-0.4, -0.2) is 0 Å². The molecule has 0 spiro atoms. The van der Waals surface area contributed by atoms with E-state index in [1.54, 1.807) is 0 Å². The summed E-state index contributed by atoms with van der Waals surface area (Å²) in [5.41, 5.74) is 18.3. The summed E-state index contributed by atoms with van der Waals surface area (Å²) in [5.74, 6) is 3.17. The highest BCUT2D eigenvalue weighted by Gasteiger charge is 2.40. The molecule has 0 saturated heterocycles. The lowest BCUT2D eigenvalue weighted by Crippen LogP contribution is -2.35. The standard InChI is InChI=1S/C59H49NO/c1-2-15-39(16-3-1)47-19-6-7-21-49(47)50-22-8-9-23-51(50)52-24-10-12-26-55(52)60(46-33-34-54-53-25-11-13-28-57(53)61-58(54)38-46)56-27-14-18-45-37-43-32-30-40-35-41(43)29-31-42(40)36-44-17-4-5-20-48(44)59(45)56/h1-28,33-34,38,40-43H,29-32,35-37H2. The molecule has 2 saturated carbocycles. The number of furan rings is 1. The van der Waals surface area contributed by atoms with Gasteiger partial charge in [-0.1, -0.05) is 152 Å². The van der Waals surface area contributed by atoms with Crippen molar-refractivity contribution in [1.82, 2.24) is 0 Å². The highest BCUT2D eigenvalue weighted by atomic mass is 16.3. The van der Waals surface area contributed by atoms with Gasteiger partial charge in [0.05, 0.1) is 11.4 Å². The molecule has 0 amide bonds. The molecule has 8 aromatic carbocycles. The Balaban J connectivity index is 1.12. The third-order valence-corrected chi connectivity index (χ3v) is 14.7. The second-order valence-corrected chi connectivity index (χ2v) is 17.9. The van der Waals surface area contributed by atoms with Crippen molar-refractivity contribution >= 4 is 39.0 Å². The topological polar surface area (TPSA) is 16.4 Å². The van der Waals surface area contributed by atoms with Crippen LogP contribution in [0.1, 0.15) is 43.2 Å². The van der Waals surface area contributed by atoms with E-state index in [0.29, 0.717) is 0 Å². The molecule has 13 rings (SSSR count). The highest BCUT2D eigenvalue weighted by Crippen LogP contribution is 2.53. The molecule has 4 aliphatic rings. The van der Waals surface area contributed by atoms with Crippen molar-refractivity contribution in [3.05, 3.63) is 199 Å². The van der Waals surface area contributed by atoms with Crippen LogP contribution in [0.25, 0.3) is 66.4 Å². The van der Waals surface area contributed by atoms with Crippen LogP contribution in [0.15, 0.2) is 192 Å². The summed E-state index contributed by atoms with van der Waals surface area (Å²) in [6.45, 7) is 0. The molecule has 2 nitrogen and oxygen atoms in total. The molecule has 9 aromatic rings. The SMILES string of the molecule is c1ccc(-c2ccccc2-c2ccccc2-c2ccccc2N(c2ccc3c(c2)oc2ccccc23)c2cccc3c2-c2ccccc2CC2CCC4CC2CCC4C3)cc1. The fourth-order valence-electron chi connectivity index (χ4n) is 11.8. The predicted molar refractivity (Wildman–Crippen MR) is 255 cm³/mol. The van der Waals surface area contributed by atoms with Crippen molar-refractivity contribution < 1.29 is 4.42 Å². The van der Waals surface area contributed by atoms with E-state index in [0.717, 1.165) is 69.8 Å². The largest absolute Gasteiger partial charge is 0.456 e. The van der Waals surface area contributed by atoms with E-state index in [1.165, 1.54) is 93.4 Å². The number of rotatable bonds is 6. The maximum Gasteiger partial charge on any atom is 0.137 e. The number of nitrogens with zero attached hydrogens (tertiary/aromatic N) is 1. The lowest BCUT2D eigenvalue weighted by atomic mass is 9.61. The van der Waals surface area contributed by atoms with Crippen LogP contribution < -0.4 is 4.90 Å². The van der Waals surface area contributed by atoms with Crippen LogP contribution in [0.5, 0.6) is 0 Å². The van der Waals surface area contributed by atoms with Gasteiger partial charge in [0.25, 0.3) is 0 Å². The number of anilines is 3. The van der Waals surface area contributed by atoms with Crippen molar-refractivity contribution in [3.63, 3.8) is 0 Å². The Bertz CT molecular complexity index is 3060. The monoisotopic (exact) mass is 787 g/mol. The van der Waals surface area contributed by atoms with Gasteiger partial charge >= 0.3 is 0 Å². The van der Waals surface area contributed by atoms with E-state index in [1.807, 2.05) is 0 Å². The van der Waals surface area contributed by atoms with Crippen molar-refractivity contribution in [1.29, 1.82) is 0 Å². The molecule has 4 atom stereocenters. The Kier molecular flexibility index (Phi) is 8.98. The first-order chi connectivity index (χ1) is 30.2. The van der Waals surface area contributed by atoms with E-state index in [-0.39, 0.29) is 0 Å². The predicted octanol–water partition coefficient (Wildman–Crippen LogP) is 16.3. The van der Waals surface area contributed by atoms with Crippen molar-refractivity contribution in [2.45, 2.75) is 44.9 Å². The first-order valence-electron chi connectivity index (χ1n) is 22.5. The molecule has 4 aliphatic carbocycles. The molecule has 0 radical (unpaired) electrons. The minimum Gasteiger partial charge on any atom is -0.456 e. The van der Waals surface area contributed by atoms with E-state index < -0.39 is 0 Å². The van der Waals surface area contributed by atoms with Crippen LogP contribution in [0.2, 0.25) is 0 Å². The minimum atomic E-state index is 0.723. The summed E-state index contributed by atoms with van der Waals surface area (Å²) in [4.78, 5) is 2.56. The minimum absolute atomic E-state index is 0.723. The Labute approximate surface area is 359 Å². The van der Waals surface area contributed by atoms with Crippen LogP contribution in [0.4, 0.5) is 17.1 Å². The van der Waals surface area contributed by atoms with Crippen LogP contribution in [0, 0.1) is 23.7 Å². The van der Waals surface area contributed by atoms with Gasteiger partial charge in [-0.3, -0.25) is 0 Å². The molecule has 4 bridgehead atoms. The second-order valence-electron chi connectivity index (χ2n) is 17.9. The third-order valence-electron chi connectivity index (χ3n) is 14.7. The van der Waals surface area contributed by atoms with Gasteiger partial charge in [-0.2, -0.15) is 0 Å². The van der Waals surface area contributed by atoms with Crippen LogP contribution >= 0.6 is 0 Å². The van der Waals surface area contributed by atoms with E-state index >= 15 is 0 Å². The van der Waals surface area contributed by atoms with Crippen LogP contribution in [0.3, 0.4) is 0 Å². The van der Waals surface area contributed by atoms with Gasteiger partial charge in [-0.15, -0.1) is 0 Å².